The summed E-state index contributed by atoms with van der Waals surface area (Å²) in [5, 5.41) is 13.7. The van der Waals surface area contributed by atoms with Crippen LogP contribution in [0, 0.1) is 17.0 Å². The molecular formula is C18H23IN4O2. The Balaban J connectivity index is 0.00000312. The number of anilines is 1. The van der Waals surface area contributed by atoms with Gasteiger partial charge in [0, 0.05) is 24.4 Å². The third-order valence-electron chi connectivity index (χ3n) is 3.63. The van der Waals surface area contributed by atoms with Gasteiger partial charge in [-0.3, -0.25) is 15.1 Å². The predicted octanol–water partition coefficient (Wildman–Crippen LogP) is 4.27. The van der Waals surface area contributed by atoms with E-state index in [1.807, 2.05) is 31.2 Å². The minimum Gasteiger partial charge on any atom is -0.370 e. The number of halogens is 1. The number of nitrogens with one attached hydrogen (secondary N) is 1. The number of rotatable bonds is 7. The van der Waals surface area contributed by atoms with E-state index in [-0.39, 0.29) is 34.6 Å². The van der Waals surface area contributed by atoms with Crippen LogP contribution < -0.4 is 11.1 Å². The molecular weight excluding hydrogens is 431 g/mol. The number of nitrogens with two attached hydrogens (primary N) is 1. The van der Waals surface area contributed by atoms with Crippen molar-refractivity contribution in [3.8, 4) is 0 Å². The van der Waals surface area contributed by atoms with Gasteiger partial charge in [-0.25, -0.2) is 0 Å². The first-order valence-corrected chi connectivity index (χ1v) is 7.91. The highest BCUT2D eigenvalue weighted by Crippen LogP contribution is 2.13. The van der Waals surface area contributed by atoms with Crippen molar-refractivity contribution in [3.63, 3.8) is 0 Å². The van der Waals surface area contributed by atoms with Crippen molar-refractivity contribution >= 4 is 41.3 Å². The van der Waals surface area contributed by atoms with Gasteiger partial charge in [-0.2, -0.15) is 0 Å². The van der Waals surface area contributed by atoms with Gasteiger partial charge < -0.3 is 11.1 Å². The Morgan fingerprint density at radius 3 is 2.36 bits per heavy atom. The van der Waals surface area contributed by atoms with Crippen LogP contribution in [0.15, 0.2) is 53.5 Å². The minimum absolute atomic E-state index is 0. The number of non-ortho nitro benzene ring substituents is 1. The average Bonchev–Trinajstić information content (AvgIpc) is 2.57. The molecule has 2 aromatic carbocycles. The molecule has 0 spiro atoms. The number of hydrogen-bond acceptors (Lipinski definition) is 3. The van der Waals surface area contributed by atoms with Crippen molar-refractivity contribution < 1.29 is 4.92 Å². The SMILES string of the molecule is Cc1ccc(NC(N)=NCCCCc2ccc([N+](=O)[O-])cc2)cc1.I. The van der Waals surface area contributed by atoms with Crippen LogP contribution in [0.2, 0.25) is 0 Å². The molecule has 0 saturated heterocycles. The second kappa shape index (κ2) is 10.7. The minimum atomic E-state index is -0.387. The second-order valence-electron chi connectivity index (χ2n) is 5.64. The summed E-state index contributed by atoms with van der Waals surface area (Å²) in [4.78, 5) is 14.5. The van der Waals surface area contributed by atoms with Crippen molar-refractivity contribution in [1.29, 1.82) is 0 Å². The summed E-state index contributed by atoms with van der Waals surface area (Å²) in [6.07, 6.45) is 2.74. The number of guanidine groups is 1. The summed E-state index contributed by atoms with van der Waals surface area (Å²) in [6, 6.07) is 14.6. The van der Waals surface area contributed by atoms with Gasteiger partial charge in [0.2, 0.25) is 0 Å². The molecule has 3 N–H and O–H groups in total. The van der Waals surface area contributed by atoms with Gasteiger partial charge in [0.1, 0.15) is 0 Å². The molecule has 0 saturated carbocycles. The molecule has 0 aromatic heterocycles. The molecule has 0 bridgehead atoms. The molecule has 2 rings (SSSR count). The third kappa shape index (κ3) is 7.51. The molecule has 0 radical (unpaired) electrons. The lowest BCUT2D eigenvalue weighted by Crippen LogP contribution is -2.22. The molecule has 0 aliphatic carbocycles. The number of nitrogens with zero attached hydrogens (tertiary/aromatic N) is 2. The Morgan fingerprint density at radius 2 is 1.76 bits per heavy atom. The lowest BCUT2D eigenvalue weighted by Gasteiger charge is -2.06. The van der Waals surface area contributed by atoms with Crippen LogP contribution in [0.3, 0.4) is 0 Å². The first-order valence-electron chi connectivity index (χ1n) is 7.91. The van der Waals surface area contributed by atoms with Crippen molar-refractivity contribution in [3.05, 3.63) is 69.8 Å². The molecule has 2 aromatic rings. The number of aryl methyl sites for hydroxylation is 2. The largest absolute Gasteiger partial charge is 0.370 e. The highest BCUT2D eigenvalue weighted by Gasteiger charge is 2.03. The quantitative estimate of drug-likeness (QED) is 0.163. The Morgan fingerprint density at radius 1 is 1.12 bits per heavy atom. The maximum atomic E-state index is 10.6. The normalized spacial score (nSPS) is 10.8. The number of hydrogen-bond donors (Lipinski definition) is 2. The van der Waals surface area contributed by atoms with Gasteiger partial charge in [-0.15, -0.1) is 24.0 Å². The molecule has 25 heavy (non-hydrogen) atoms. The van der Waals surface area contributed by atoms with Crippen LogP contribution in [0.25, 0.3) is 0 Å². The van der Waals surface area contributed by atoms with E-state index in [0.29, 0.717) is 12.5 Å². The maximum absolute atomic E-state index is 10.6. The number of aliphatic imine (C=N–C) groups is 1. The summed E-state index contributed by atoms with van der Waals surface area (Å²) in [7, 11) is 0. The van der Waals surface area contributed by atoms with E-state index >= 15 is 0 Å². The van der Waals surface area contributed by atoms with E-state index < -0.39 is 0 Å². The van der Waals surface area contributed by atoms with Crippen molar-refractivity contribution in [2.75, 3.05) is 11.9 Å². The topological polar surface area (TPSA) is 93.5 Å². The molecule has 0 amide bonds. The van der Waals surface area contributed by atoms with Crippen molar-refractivity contribution in [1.82, 2.24) is 0 Å². The average molecular weight is 454 g/mol. The van der Waals surface area contributed by atoms with E-state index in [1.165, 1.54) is 17.7 Å². The number of nitro groups is 1. The second-order valence-corrected chi connectivity index (χ2v) is 5.64. The van der Waals surface area contributed by atoms with Crippen molar-refractivity contribution in [2.24, 2.45) is 10.7 Å². The summed E-state index contributed by atoms with van der Waals surface area (Å²) in [5.41, 5.74) is 9.19. The van der Waals surface area contributed by atoms with Gasteiger partial charge in [0.25, 0.3) is 5.69 Å². The fourth-order valence-corrected chi connectivity index (χ4v) is 2.25. The number of nitro benzene ring substituents is 1. The number of benzene rings is 2. The summed E-state index contributed by atoms with van der Waals surface area (Å²) >= 11 is 0. The molecule has 0 heterocycles. The molecule has 0 atom stereocenters. The first-order chi connectivity index (χ1) is 11.5. The summed E-state index contributed by atoms with van der Waals surface area (Å²) in [5.74, 6) is 0.411. The van der Waals surface area contributed by atoms with Crippen LogP contribution in [-0.2, 0) is 6.42 Å². The van der Waals surface area contributed by atoms with Crippen LogP contribution in [0.1, 0.15) is 24.0 Å². The van der Waals surface area contributed by atoms with E-state index in [1.54, 1.807) is 12.1 Å². The Kier molecular flexibility index (Phi) is 8.90. The van der Waals surface area contributed by atoms with Crippen molar-refractivity contribution in [2.45, 2.75) is 26.2 Å². The molecule has 0 unspecified atom stereocenters. The first kappa shape index (κ1) is 20.9. The summed E-state index contributed by atoms with van der Waals surface area (Å²) in [6.45, 7) is 2.68. The Labute approximate surface area is 164 Å². The maximum Gasteiger partial charge on any atom is 0.269 e. The fourth-order valence-electron chi connectivity index (χ4n) is 2.25. The van der Waals surface area contributed by atoms with Crippen LogP contribution >= 0.6 is 24.0 Å². The van der Waals surface area contributed by atoms with Gasteiger partial charge >= 0.3 is 0 Å². The van der Waals surface area contributed by atoms with E-state index in [2.05, 4.69) is 10.3 Å². The van der Waals surface area contributed by atoms with Gasteiger partial charge in [0.15, 0.2) is 5.96 Å². The third-order valence-corrected chi connectivity index (χ3v) is 3.63. The number of unbranched alkanes of at least 4 members (excludes halogenated alkanes) is 1. The zero-order valence-corrected chi connectivity index (χ0v) is 16.5. The molecule has 134 valence electrons. The van der Waals surface area contributed by atoms with Gasteiger partial charge in [-0.1, -0.05) is 29.8 Å². The van der Waals surface area contributed by atoms with E-state index in [4.69, 9.17) is 5.73 Å². The zero-order valence-electron chi connectivity index (χ0n) is 14.1. The monoisotopic (exact) mass is 454 g/mol. The molecule has 6 nitrogen and oxygen atoms in total. The Hall–Kier alpha value is -2.16. The van der Waals surface area contributed by atoms with Gasteiger partial charge in [0.05, 0.1) is 4.92 Å². The zero-order chi connectivity index (χ0) is 17.4. The highest BCUT2D eigenvalue weighted by atomic mass is 127. The van der Waals surface area contributed by atoms with Gasteiger partial charge in [-0.05, 0) is 43.9 Å². The Bertz CT molecular complexity index is 700. The predicted molar refractivity (Wildman–Crippen MR) is 113 cm³/mol. The fraction of sp³-hybridized carbons (Fsp3) is 0.278. The van der Waals surface area contributed by atoms with E-state index in [9.17, 15) is 10.1 Å². The summed E-state index contributed by atoms with van der Waals surface area (Å²) < 4.78 is 0. The molecule has 0 aliphatic heterocycles. The molecule has 0 aliphatic rings. The molecule has 0 fully saturated rings. The lowest BCUT2D eigenvalue weighted by atomic mass is 10.1. The standard InChI is InChI=1S/C18H22N4O2.HI/c1-14-5-9-16(10-6-14)21-18(19)20-13-3-2-4-15-7-11-17(12-8-15)22(23)24;/h5-12H,2-4,13H2,1H3,(H3,19,20,21);1H. The van der Waals surface area contributed by atoms with E-state index in [0.717, 1.165) is 30.5 Å². The highest BCUT2D eigenvalue weighted by molar-refractivity contribution is 14.0. The van der Waals surface area contributed by atoms with Crippen LogP contribution in [0.5, 0.6) is 0 Å². The lowest BCUT2D eigenvalue weighted by molar-refractivity contribution is -0.384. The smallest absolute Gasteiger partial charge is 0.269 e. The van der Waals surface area contributed by atoms with Crippen LogP contribution in [-0.4, -0.2) is 17.4 Å². The molecule has 7 heteroatoms. The van der Waals surface area contributed by atoms with Crippen LogP contribution in [0.4, 0.5) is 11.4 Å².